The predicted molar refractivity (Wildman–Crippen MR) is 73.4 cm³/mol. The van der Waals surface area contributed by atoms with Crippen LogP contribution in [0.5, 0.6) is 0 Å². The summed E-state index contributed by atoms with van der Waals surface area (Å²) >= 11 is 1.42. The van der Waals surface area contributed by atoms with Crippen molar-refractivity contribution in [1.82, 2.24) is 9.88 Å². The molecule has 0 bridgehead atoms. The van der Waals surface area contributed by atoms with Crippen LogP contribution in [-0.4, -0.2) is 40.0 Å². The zero-order chi connectivity index (χ0) is 14.5. The van der Waals surface area contributed by atoms with E-state index in [0.29, 0.717) is 12.2 Å². The number of thiazole rings is 1. The fraction of sp³-hybridized carbons (Fsp3) is 0.308. The largest absolute Gasteiger partial charge is 0.480 e. The van der Waals surface area contributed by atoms with E-state index in [1.165, 1.54) is 16.2 Å². The van der Waals surface area contributed by atoms with Crippen LogP contribution in [0, 0.1) is 0 Å². The monoisotopic (exact) mass is 294 g/mol. The molecule has 0 aliphatic rings. The van der Waals surface area contributed by atoms with E-state index in [9.17, 15) is 9.59 Å². The Bertz CT molecular complexity index is 591. The number of aromatic nitrogens is 1. The number of likely N-dealkylation sites (N-methyl/N-ethyl adjacent to an activating group) is 1. The molecular weight excluding hydrogens is 280 g/mol. The van der Waals surface area contributed by atoms with E-state index in [4.69, 9.17) is 9.52 Å². The number of amides is 1. The first kappa shape index (κ1) is 14.3. The molecule has 20 heavy (non-hydrogen) atoms. The molecule has 1 N–H and O–H groups in total. The SMILES string of the molecule is CCN(CC(=O)O)C(=O)Cc1csc(-c2ccoc2)n1. The molecule has 0 fully saturated rings. The topological polar surface area (TPSA) is 83.6 Å². The van der Waals surface area contributed by atoms with Crippen molar-refractivity contribution in [3.8, 4) is 10.6 Å². The van der Waals surface area contributed by atoms with Crippen LogP contribution in [0.4, 0.5) is 0 Å². The summed E-state index contributed by atoms with van der Waals surface area (Å²) in [7, 11) is 0. The molecule has 0 radical (unpaired) electrons. The molecule has 7 heteroatoms. The third-order valence-electron chi connectivity index (χ3n) is 2.71. The summed E-state index contributed by atoms with van der Waals surface area (Å²) in [5.74, 6) is -1.25. The van der Waals surface area contributed by atoms with Crippen molar-refractivity contribution in [3.63, 3.8) is 0 Å². The Balaban J connectivity index is 2.02. The second-order valence-corrected chi connectivity index (χ2v) is 4.99. The molecule has 0 saturated carbocycles. The fourth-order valence-electron chi connectivity index (χ4n) is 1.71. The number of hydrogen-bond donors (Lipinski definition) is 1. The van der Waals surface area contributed by atoms with Gasteiger partial charge in [-0.15, -0.1) is 11.3 Å². The zero-order valence-electron chi connectivity index (χ0n) is 10.9. The van der Waals surface area contributed by atoms with E-state index in [1.54, 1.807) is 30.9 Å². The number of rotatable bonds is 6. The summed E-state index contributed by atoms with van der Waals surface area (Å²) in [6, 6.07) is 1.80. The van der Waals surface area contributed by atoms with Gasteiger partial charge in [-0.25, -0.2) is 4.98 Å². The van der Waals surface area contributed by atoms with Gasteiger partial charge in [0.15, 0.2) is 0 Å². The highest BCUT2D eigenvalue weighted by atomic mass is 32.1. The maximum atomic E-state index is 12.0. The van der Waals surface area contributed by atoms with Crippen LogP contribution in [-0.2, 0) is 16.0 Å². The van der Waals surface area contributed by atoms with Crippen LogP contribution >= 0.6 is 11.3 Å². The molecule has 2 rings (SSSR count). The lowest BCUT2D eigenvalue weighted by molar-refractivity contribution is -0.144. The molecule has 6 nitrogen and oxygen atoms in total. The highest BCUT2D eigenvalue weighted by Gasteiger charge is 2.17. The number of furan rings is 1. The van der Waals surface area contributed by atoms with Gasteiger partial charge in [0.1, 0.15) is 17.8 Å². The number of carbonyl (C=O) groups is 2. The molecule has 0 aliphatic heterocycles. The number of nitrogens with zero attached hydrogens (tertiary/aromatic N) is 2. The van der Waals surface area contributed by atoms with Crippen molar-refractivity contribution in [2.24, 2.45) is 0 Å². The predicted octanol–water partition coefficient (Wildman–Crippen LogP) is 1.88. The highest BCUT2D eigenvalue weighted by Crippen LogP contribution is 2.24. The maximum Gasteiger partial charge on any atom is 0.323 e. The number of carboxylic acid groups (broad SMARTS) is 1. The Morgan fingerprint density at radius 1 is 1.50 bits per heavy atom. The van der Waals surface area contributed by atoms with Crippen molar-refractivity contribution in [3.05, 3.63) is 29.7 Å². The van der Waals surface area contributed by atoms with Gasteiger partial charge in [0.2, 0.25) is 5.91 Å². The molecule has 106 valence electrons. The fourth-order valence-corrected chi connectivity index (χ4v) is 2.52. The average molecular weight is 294 g/mol. The van der Waals surface area contributed by atoms with Crippen LogP contribution < -0.4 is 0 Å². The smallest absolute Gasteiger partial charge is 0.323 e. The number of hydrogen-bond acceptors (Lipinski definition) is 5. The van der Waals surface area contributed by atoms with Crippen LogP contribution in [0.3, 0.4) is 0 Å². The van der Waals surface area contributed by atoms with E-state index >= 15 is 0 Å². The molecule has 2 aromatic rings. The van der Waals surface area contributed by atoms with Gasteiger partial charge in [-0.3, -0.25) is 9.59 Å². The highest BCUT2D eigenvalue weighted by molar-refractivity contribution is 7.13. The van der Waals surface area contributed by atoms with Crippen molar-refractivity contribution in [2.75, 3.05) is 13.1 Å². The van der Waals surface area contributed by atoms with Gasteiger partial charge in [0.25, 0.3) is 0 Å². The zero-order valence-corrected chi connectivity index (χ0v) is 11.7. The molecule has 0 unspecified atom stereocenters. The van der Waals surface area contributed by atoms with Crippen molar-refractivity contribution in [1.29, 1.82) is 0 Å². The minimum atomic E-state index is -1.02. The second kappa shape index (κ2) is 6.33. The first-order valence-electron chi connectivity index (χ1n) is 6.06. The molecule has 1 amide bonds. The third-order valence-corrected chi connectivity index (χ3v) is 3.65. The Kier molecular flexibility index (Phi) is 4.52. The number of carboxylic acids is 1. The Morgan fingerprint density at radius 2 is 2.30 bits per heavy atom. The number of aliphatic carboxylic acids is 1. The molecule has 2 aromatic heterocycles. The van der Waals surface area contributed by atoms with Gasteiger partial charge in [0.05, 0.1) is 18.4 Å². The molecular formula is C13H14N2O4S. The number of carbonyl (C=O) groups excluding carboxylic acids is 1. The Morgan fingerprint density at radius 3 is 2.90 bits per heavy atom. The van der Waals surface area contributed by atoms with E-state index in [2.05, 4.69) is 4.98 Å². The van der Waals surface area contributed by atoms with Gasteiger partial charge in [0, 0.05) is 17.5 Å². The molecule has 0 atom stereocenters. The van der Waals surface area contributed by atoms with Crippen molar-refractivity contribution >= 4 is 23.2 Å². The summed E-state index contributed by atoms with van der Waals surface area (Å²) < 4.78 is 4.98. The van der Waals surface area contributed by atoms with Gasteiger partial charge < -0.3 is 14.4 Å². The normalized spacial score (nSPS) is 10.4. The first-order chi connectivity index (χ1) is 9.60. The van der Waals surface area contributed by atoms with Crippen LogP contribution in [0.25, 0.3) is 10.6 Å². The quantitative estimate of drug-likeness (QED) is 0.879. The minimum Gasteiger partial charge on any atom is -0.480 e. The molecule has 0 saturated heterocycles. The maximum absolute atomic E-state index is 12.0. The van der Waals surface area contributed by atoms with Crippen LogP contribution in [0.15, 0.2) is 28.4 Å². The van der Waals surface area contributed by atoms with Crippen molar-refractivity contribution in [2.45, 2.75) is 13.3 Å². The molecule has 0 aliphatic carbocycles. The standard InChI is InChI=1S/C13H14N2O4S/c1-2-15(6-12(17)18)11(16)5-10-8-20-13(14-10)9-3-4-19-7-9/h3-4,7-8H,2,5-6H2,1H3,(H,17,18). The van der Waals surface area contributed by atoms with Crippen LogP contribution in [0.2, 0.25) is 0 Å². The molecule has 2 heterocycles. The van der Waals surface area contributed by atoms with Gasteiger partial charge >= 0.3 is 5.97 Å². The van der Waals surface area contributed by atoms with E-state index in [1.807, 2.05) is 0 Å². The van der Waals surface area contributed by atoms with E-state index in [-0.39, 0.29) is 18.9 Å². The Hall–Kier alpha value is -2.15. The molecule has 0 aromatic carbocycles. The summed E-state index contributed by atoms with van der Waals surface area (Å²) in [6.07, 6.45) is 3.26. The average Bonchev–Trinajstić information content (AvgIpc) is 3.05. The van der Waals surface area contributed by atoms with Crippen LogP contribution in [0.1, 0.15) is 12.6 Å². The second-order valence-electron chi connectivity index (χ2n) is 4.13. The minimum absolute atomic E-state index is 0.107. The van der Waals surface area contributed by atoms with Gasteiger partial charge in [-0.1, -0.05) is 0 Å². The Labute approximate surface area is 119 Å². The van der Waals surface area contributed by atoms with Gasteiger partial charge in [-0.2, -0.15) is 0 Å². The lowest BCUT2D eigenvalue weighted by Gasteiger charge is -2.17. The van der Waals surface area contributed by atoms with E-state index in [0.717, 1.165) is 10.6 Å². The molecule has 0 spiro atoms. The summed E-state index contributed by atoms with van der Waals surface area (Å²) in [6.45, 7) is 1.83. The first-order valence-corrected chi connectivity index (χ1v) is 6.94. The van der Waals surface area contributed by atoms with Crippen molar-refractivity contribution < 1.29 is 19.1 Å². The lowest BCUT2D eigenvalue weighted by atomic mass is 10.3. The summed E-state index contributed by atoms with van der Waals surface area (Å²) in [4.78, 5) is 28.3. The van der Waals surface area contributed by atoms with E-state index < -0.39 is 5.97 Å². The lowest BCUT2D eigenvalue weighted by Crippen LogP contribution is -2.36. The summed E-state index contributed by atoms with van der Waals surface area (Å²) in [5.41, 5.74) is 1.51. The third kappa shape index (κ3) is 3.45. The summed E-state index contributed by atoms with van der Waals surface area (Å²) in [5, 5.41) is 11.3. The van der Waals surface area contributed by atoms with Gasteiger partial charge in [-0.05, 0) is 13.0 Å².